The minimum Gasteiger partial charge on any atom is -0.379 e. The quantitative estimate of drug-likeness (QED) is 0.296. The molecule has 0 radical (unpaired) electrons. The van der Waals surface area contributed by atoms with Crippen molar-refractivity contribution < 1.29 is 9.47 Å². The third-order valence-corrected chi connectivity index (χ3v) is 6.10. The van der Waals surface area contributed by atoms with Crippen molar-refractivity contribution in [3.05, 3.63) is 16.1 Å². The van der Waals surface area contributed by atoms with Gasteiger partial charge in [-0.15, -0.1) is 35.3 Å². The lowest BCUT2D eigenvalue weighted by atomic mass is 10.0. The van der Waals surface area contributed by atoms with Gasteiger partial charge in [-0.05, 0) is 19.3 Å². The second-order valence-corrected chi connectivity index (χ2v) is 8.66. The van der Waals surface area contributed by atoms with Crippen LogP contribution >= 0.6 is 35.3 Å². The Morgan fingerprint density at radius 1 is 1.38 bits per heavy atom. The number of aliphatic imine (C=N–C) groups is 1. The van der Waals surface area contributed by atoms with Gasteiger partial charge in [-0.1, -0.05) is 13.8 Å². The summed E-state index contributed by atoms with van der Waals surface area (Å²) in [6.45, 7) is 11.9. The normalized spacial score (nSPS) is 17.7. The van der Waals surface area contributed by atoms with E-state index in [1.165, 1.54) is 0 Å². The SMILES string of the molecule is CN=C(NCC(CC(C)C)N1CCOCC1)N(C)Cc1csc(C(C)OC)n1.I. The summed E-state index contributed by atoms with van der Waals surface area (Å²) in [6, 6.07) is 0.488. The van der Waals surface area contributed by atoms with Crippen molar-refractivity contribution in [2.24, 2.45) is 10.9 Å². The smallest absolute Gasteiger partial charge is 0.193 e. The molecule has 0 bridgehead atoms. The molecule has 1 aromatic rings. The van der Waals surface area contributed by atoms with E-state index >= 15 is 0 Å². The molecule has 0 aromatic carbocycles. The largest absolute Gasteiger partial charge is 0.379 e. The lowest BCUT2D eigenvalue weighted by Gasteiger charge is -2.36. The van der Waals surface area contributed by atoms with Gasteiger partial charge in [-0.2, -0.15) is 0 Å². The van der Waals surface area contributed by atoms with Crippen LogP contribution in [0.4, 0.5) is 0 Å². The van der Waals surface area contributed by atoms with Gasteiger partial charge in [0.05, 0.1) is 25.5 Å². The first kappa shape index (κ1) is 26.5. The van der Waals surface area contributed by atoms with Crippen molar-refractivity contribution in [1.29, 1.82) is 0 Å². The van der Waals surface area contributed by atoms with Crippen LogP contribution in [0, 0.1) is 5.92 Å². The number of rotatable bonds is 9. The van der Waals surface area contributed by atoms with Crippen molar-refractivity contribution in [3.63, 3.8) is 0 Å². The molecule has 0 amide bonds. The zero-order chi connectivity index (χ0) is 20.5. The number of methoxy groups -OCH3 is 1. The van der Waals surface area contributed by atoms with Crippen molar-refractivity contribution in [2.45, 2.75) is 45.9 Å². The fourth-order valence-electron chi connectivity index (χ4n) is 3.44. The average molecular weight is 540 g/mol. The summed E-state index contributed by atoms with van der Waals surface area (Å²) in [7, 11) is 5.61. The summed E-state index contributed by atoms with van der Waals surface area (Å²) in [6.07, 6.45) is 1.20. The molecule has 1 N–H and O–H groups in total. The number of hydrogen-bond donors (Lipinski definition) is 1. The van der Waals surface area contributed by atoms with E-state index in [0.29, 0.717) is 12.0 Å². The molecule has 0 spiro atoms. The highest BCUT2D eigenvalue weighted by molar-refractivity contribution is 14.0. The number of nitrogens with zero attached hydrogens (tertiary/aromatic N) is 4. The summed E-state index contributed by atoms with van der Waals surface area (Å²) >= 11 is 1.65. The first-order valence-electron chi connectivity index (χ1n) is 10.1. The van der Waals surface area contributed by atoms with Gasteiger partial charge >= 0.3 is 0 Å². The molecule has 2 heterocycles. The van der Waals surface area contributed by atoms with Crippen LogP contribution in [0.3, 0.4) is 0 Å². The van der Waals surface area contributed by atoms with E-state index in [1.54, 1.807) is 18.4 Å². The summed E-state index contributed by atoms with van der Waals surface area (Å²) in [5.41, 5.74) is 1.04. The molecule has 0 aliphatic carbocycles. The number of thiazole rings is 1. The number of aromatic nitrogens is 1. The maximum absolute atomic E-state index is 5.52. The van der Waals surface area contributed by atoms with Crippen LogP contribution in [0.25, 0.3) is 0 Å². The van der Waals surface area contributed by atoms with Gasteiger partial charge in [0, 0.05) is 52.3 Å². The predicted octanol–water partition coefficient (Wildman–Crippen LogP) is 3.22. The van der Waals surface area contributed by atoms with E-state index < -0.39 is 0 Å². The molecule has 29 heavy (non-hydrogen) atoms. The Kier molecular flexibility index (Phi) is 12.6. The average Bonchev–Trinajstić information content (AvgIpc) is 3.15. The van der Waals surface area contributed by atoms with Crippen molar-refractivity contribution >= 4 is 41.3 Å². The van der Waals surface area contributed by atoms with Crippen LogP contribution in [-0.2, 0) is 16.0 Å². The number of guanidine groups is 1. The van der Waals surface area contributed by atoms with E-state index in [9.17, 15) is 0 Å². The lowest BCUT2D eigenvalue weighted by molar-refractivity contribution is 0.0131. The number of halogens is 1. The summed E-state index contributed by atoms with van der Waals surface area (Å²) in [4.78, 5) is 13.8. The van der Waals surface area contributed by atoms with Gasteiger partial charge in [0.15, 0.2) is 5.96 Å². The number of ether oxygens (including phenoxy) is 2. The molecule has 168 valence electrons. The molecule has 9 heteroatoms. The van der Waals surface area contributed by atoms with E-state index in [0.717, 1.165) is 62.5 Å². The van der Waals surface area contributed by atoms with Gasteiger partial charge in [-0.25, -0.2) is 4.98 Å². The maximum atomic E-state index is 5.52. The lowest BCUT2D eigenvalue weighted by Crippen LogP contribution is -2.51. The molecule has 1 saturated heterocycles. The van der Waals surface area contributed by atoms with Crippen LogP contribution in [0.15, 0.2) is 10.4 Å². The van der Waals surface area contributed by atoms with E-state index in [1.807, 2.05) is 14.0 Å². The summed E-state index contributed by atoms with van der Waals surface area (Å²) in [5, 5.41) is 6.69. The van der Waals surface area contributed by atoms with Crippen LogP contribution < -0.4 is 5.32 Å². The number of morpholine rings is 1. The minimum atomic E-state index is 0. The zero-order valence-electron chi connectivity index (χ0n) is 18.7. The number of nitrogens with one attached hydrogen (secondary N) is 1. The topological polar surface area (TPSA) is 62.2 Å². The van der Waals surface area contributed by atoms with Crippen molar-refractivity contribution in [2.75, 3.05) is 54.1 Å². The Hall–Kier alpha value is -0.490. The van der Waals surface area contributed by atoms with Gasteiger partial charge < -0.3 is 19.7 Å². The van der Waals surface area contributed by atoms with E-state index in [-0.39, 0.29) is 30.1 Å². The molecular weight excluding hydrogens is 501 g/mol. The monoisotopic (exact) mass is 539 g/mol. The Morgan fingerprint density at radius 2 is 2.07 bits per heavy atom. The summed E-state index contributed by atoms with van der Waals surface area (Å²) < 4.78 is 10.9. The molecular formula is C20H38IN5O2S. The molecule has 2 unspecified atom stereocenters. The highest BCUT2D eigenvalue weighted by atomic mass is 127. The van der Waals surface area contributed by atoms with Crippen LogP contribution in [0.2, 0.25) is 0 Å². The molecule has 0 saturated carbocycles. The van der Waals surface area contributed by atoms with Gasteiger partial charge in [-0.3, -0.25) is 9.89 Å². The molecule has 1 aliphatic heterocycles. The molecule has 1 fully saturated rings. The van der Waals surface area contributed by atoms with Gasteiger partial charge in [0.2, 0.25) is 0 Å². The fraction of sp³-hybridized carbons (Fsp3) is 0.800. The number of hydrogen-bond acceptors (Lipinski definition) is 6. The standard InChI is InChI=1S/C20H37N5O2S.HI/c1-15(2)11-18(25-7-9-27-10-8-25)12-22-20(21-4)24(5)13-17-14-28-19(23-17)16(3)26-6;/h14-16,18H,7-13H2,1-6H3,(H,21,22);1H. The maximum Gasteiger partial charge on any atom is 0.193 e. The molecule has 1 aromatic heterocycles. The molecule has 1 aliphatic rings. The van der Waals surface area contributed by atoms with E-state index in [4.69, 9.17) is 14.5 Å². The molecule has 2 atom stereocenters. The molecule has 2 rings (SSSR count). The predicted molar refractivity (Wildman–Crippen MR) is 131 cm³/mol. The highest BCUT2D eigenvalue weighted by Gasteiger charge is 2.22. The summed E-state index contributed by atoms with van der Waals surface area (Å²) in [5.74, 6) is 1.56. The van der Waals surface area contributed by atoms with Crippen molar-refractivity contribution in [3.8, 4) is 0 Å². The Morgan fingerprint density at radius 3 is 2.66 bits per heavy atom. The zero-order valence-corrected chi connectivity index (χ0v) is 21.8. The van der Waals surface area contributed by atoms with Crippen LogP contribution in [-0.4, -0.2) is 80.8 Å². The fourth-order valence-corrected chi connectivity index (χ4v) is 4.28. The van der Waals surface area contributed by atoms with Crippen molar-refractivity contribution in [1.82, 2.24) is 20.1 Å². The Labute approximate surface area is 197 Å². The second kappa shape index (κ2) is 13.7. The van der Waals surface area contributed by atoms with Crippen LogP contribution in [0.1, 0.15) is 44.0 Å². The van der Waals surface area contributed by atoms with Crippen LogP contribution in [0.5, 0.6) is 0 Å². The first-order valence-corrected chi connectivity index (χ1v) is 11.0. The van der Waals surface area contributed by atoms with Gasteiger partial charge in [0.1, 0.15) is 11.1 Å². The third-order valence-electron chi connectivity index (χ3n) is 5.04. The third kappa shape index (κ3) is 8.64. The highest BCUT2D eigenvalue weighted by Crippen LogP contribution is 2.21. The Balaban J connectivity index is 0.00000420. The first-order chi connectivity index (χ1) is 13.4. The minimum absolute atomic E-state index is 0. The molecule has 7 nitrogen and oxygen atoms in total. The van der Waals surface area contributed by atoms with Gasteiger partial charge in [0.25, 0.3) is 0 Å². The Bertz CT molecular complexity index is 607. The second-order valence-electron chi connectivity index (χ2n) is 7.77. The van der Waals surface area contributed by atoms with E-state index in [2.05, 4.69) is 46.4 Å².